The smallest absolute Gasteiger partial charge is 0.251 e. The first-order chi connectivity index (χ1) is 11.7. The molecule has 3 aliphatic heterocycles. The van der Waals surface area contributed by atoms with Gasteiger partial charge in [0.25, 0.3) is 5.91 Å². The zero-order valence-electron chi connectivity index (χ0n) is 13.7. The maximum absolute atomic E-state index is 12.5. The molecular formula is C18H21N3OS2. The van der Waals surface area contributed by atoms with E-state index in [4.69, 9.17) is 0 Å². The highest BCUT2D eigenvalue weighted by molar-refractivity contribution is 8.01. The van der Waals surface area contributed by atoms with Crippen LogP contribution in [0.2, 0.25) is 0 Å². The molecule has 3 fully saturated rings. The molecule has 24 heavy (non-hydrogen) atoms. The molecule has 0 spiro atoms. The topological polar surface area (TPSA) is 45.2 Å². The molecule has 2 bridgehead atoms. The molecule has 2 aromatic rings. The molecule has 1 atom stereocenters. The van der Waals surface area contributed by atoms with E-state index in [0.717, 1.165) is 21.3 Å². The second-order valence-corrected chi connectivity index (χ2v) is 9.14. The number of nitrogens with zero attached hydrogens (tertiary/aromatic N) is 2. The largest absolute Gasteiger partial charge is 0.348 e. The Morgan fingerprint density at radius 2 is 2.04 bits per heavy atom. The third-order valence-corrected chi connectivity index (χ3v) is 6.89. The van der Waals surface area contributed by atoms with Crippen LogP contribution in [-0.4, -0.2) is 41.5 Å². The van der Waals surface area contributed by atoms with E-state index in [1.54, 1.807) is 23.1 Å². The fourth-order valence-corrected chi connectivity index (χ4v) is 5.45. The highest BCUT2D eigenvalue weighted by Gasteiger charge is 2.34. The number of piperidine rings is 3. The van der Waals surface area contributed by atoms with Gasteiger partial charge in [-0.15, -0.1) is 11.3 Å². The molecule has 5 rings (SSSR count). The van der Waals surface area contributed by atoms with Gasteiger partial charge in [-0.3, -0.25) is 4.79 Å². The maximum Gasteiger partial charge on any atom is 0.251 e. The van der Waals surface area contributed by atoms with E-state index in [1.807, 2.05) is 30.5 Å². The third kappa shape index (κ3) is 3.50. The van der Waals surface area contributed by atoms with Gasteiger partial charge in [0.15, 0.2) is 4.34 Å². The van der Waals surface area contributed by atoms with Crippen LogP contribution in [0.5, 0.6) is 0 Å². The Morgan fingerprint density at radius 1 is 1.29 bits per heavy atom. The van der Waals surface area contributed by atoms with Crippen LogP contribution in [0.4, 0.5) is 0 Å². The summed E-state index contributed by atoms with van der Waals surface area (Å²) < 4.78 is 1.04. The predicted octanol–water partition coefficient (Wildman–Crippen LogP) is 3.43. The molecule has 0 saturated carbocycles. The van der Waals surface area contributed by atoms with Crippen molar-refractivity contribution in [3.8, 4) is 0 Å². The van der Waals surface area contributed by atoms with E-state index < -0.39 is 0 Å². The number of rotatable bonds is 4. The lowest BCUT2D eigenvalue weighted by Gasteiger charge is -2.44. The summed E-state index contributed by atoms with van der Waals surface area (Å²) in [5.74, 6) is 0.706. The van der Waals surface area contributed by atoms with Crippen LogP contribution < -0.4 is 5.32 Å². The second kappa shape index (κ2) is 6.86. The summed E-state index contributed by atoms with van der Waals surface area (Å²) in [6.07, 6.45) is 4.32. The van der Waals surface area contributed by atoms with E-state index in [9.17, 15) is 4.79 Å². The first kappa shape index (κ1) is 16.1. The van der Waals surface area contributed by atoms with Crippen molar-refractivity contribution in [3.05, 3.63) is 40.9 Å². The van der Waals surface area contributed by atoms with Gasteiger partial charge in [-0.2, -0.15) is 0 Å². The molecule has 0 radical (unpaired) electrons. The zero-order valence-corrected chi connectivity index (χ0v) is 15.3. The molecule has 1 amide bonds. The van der Waals surface area contributed by atoms with Crippen LogP contribution >= 0.6 is 23.1 Å². The number of carbonyl (C=O) groups is 1. The lowest BCUT2D eigenvalue weighted by Crippen LogP contribution is -2.57. The van der Waals surface area contributed by atoms with E-state index in [1.165, 1.54) is 30.8 Å². The van der Waals surface area contributed by atoms with Gasteiger partial charge < -0.3 is 10.2 Å². The Morgan fingerprint density at radius 3 is 2.62 bits per heavy atom. The number of benzene rings is 1. The van der Waals surface area contributed by atoms with Crippen molar-refractivity contribution in [2.75, 3.05) is 19.6 Å². The number of amides is 1. The Bertz CT molecular complexity index is 720. The van der Waals surface area contributed by atoms with Crippen LogP contribution in [0.25, 0.3) is 0 Å². The summed E-state index contributed by atoms with van der Waals surface area (Å²) in [7, 11) is 0. The molecule has 3 aliphatic rings. The van der Waals surface area contributed by atoms with Crippen LogP contribution in [0, 0.1) is 12.8 Å². The summed E-state index contributed by atoms with van der Waals surface area (Å²) in [6.45, 7) is 5.45. The normalized spacial score (nSPS) is 25.6. The molecule has 1 aromatic heterocycles. The Balaban J connectivity index is 1.38. The highest BCUT2D eigenvalue weighted by Crippen LogP contribution is 2.31. The standard InChI is InChI=1S/C18H21N3OS2/c1-12-10-19-18(23-12)24-15-4-2-14(3-5-15)17(22)20-16-11-21-8-6-13(16)7-9-21/h2-5,10,13,16H,6-9,11H2,1H3,(H,20,22)/t16-/m0/s1. The summed E-state index contributed by atoms with van der Waals surface area (Å²) in [5, 5.41) is 3.24. The van der Waals surface area contributed by atoms with Crippen molar-refractivity contribution in [2.24, 2.45) is 5.92 Å². The summed E-state index contributed by atoms with van der Waals surface area (Å²) in [5.41, 5.74) is 0.742. The number of carbonyl (C=O) groups excluding carboxylic acids is 1. The summed E-state index contributed by atoms with van der Waals surface area (Å²) >= 11 is 3.33. The third-order valence-electron chi connectivity index (χ3n) is 4.89. The van der Waals surface area contributed by atoms with Crippen molar-refractivity contribution < 1.29 is 4.79 Å². The van der Waals surface area contributed by atoms with E-state index >= 15 is 0 Å². The number of aromatic nitrogens is 1. The molecule has 6 heteroatoms. The number of fused-ring (bicyclic) bond motifs is 3. The van der Waals surface area contributed by atoms with Gasteiger partial charge in [0, 0.05) is 34.1 Å². The zero-order chi connectivity index (χ0) is 16.5. The minimum absolute atomic E-state index is 0.0513. The van der Waals surface area contributed by atoms with Crippen molar-refractivity contribution in [3.63, 3.8) is 0 Å². The first-order valence-electron chi connectivity index (χ1n) is 8.41. The van der Waals surface area contributed by atoms with Crippen molar-refractivity contribution in [2.45, 2.75) is 35.0 Å². The number of aryl methyl sites for hydroxylation is 1. The van der Waals surface area contributed by atoms with Crippen LogP contribution in [0.15, 0.2) is 39.7 Å². The van der Waals surface area contributed by atoms with Gasteiger partial charge in [0.2, 0.25) is 0 Å². The Labute approximate surface area is 150 Å². The molecule has 1 aromatic carbocycles. The average Bonchev–Trinajstić information content (AvgIpc) is 3.01. The fraction of sp³-hybridized carbons (Fsp3) is 0.444. The predicted molar refractivity (Wildman–Crippen MR) is 97.8 cm³/mol. The SMILES string of the molecule is Cc1cnc(Sc2ccc(C(=O)N[C@H]3CN4CCC3CC4)cc2)s1. The minimum atomic E-state index is 0.0513. The summed E-state index contributed by atoms with van der Waals surface area (Å²) in [6, 6.07) is 8.16. The fourth-order valence-electron chi connectivity index (χ4n) is 3.54. The number of thiazole rings is 1. The maximum atomic E-state index is 12.5. The highest BCUT2D eigenvalue weighted by atomic mass is 32.2. The lowest BCUT2D eigenvalue weighted by atomic mass is 9.84. The number of nitrogens with one attached hydrogen (secondary N) is 1. The van der Waals surface area contributed by atoms with Gasteiger partial charge >= 0.3 is 0 Å². The number of hydrogen-bond donors (Lipinski definition) is 1. The van der Waals surface area contributed by atoms with E-state index in [-0.39, 0.29) is 5.91 Å². The number of hydrogen-bond acceptors (Lipinski definition) is 5. The molecule has 1 N–H and O–H groups in total. The first-order valence-corrected chi connectivity index (χ1v) is 10.0. The van der Waals surface area contributed by atoms with Gasteiger partial charge in [0.05, 0.1) is 0 Å². The van der Waals surface area contributed by atoms with Crippen molar-refractivity contribution >= 4 is 29.0 Å². The van der Waals surface area contributed by atoms with E-state index in [2.05, 4.69) is 22.1 Å². The quantitative estimate of drug-likeness (QED) is 0.908. The van der Waals surface area contributed by atoms with Gasteiger partial charge in [-0.25, -0.2) is 4.98 Å². The monoisotopic (exact) mass is 359 g/mol. The lowest BCUT2D eigenvalue weighted by molar-refractivity contribution is 0.0620. The van der Waals surface area contributed by atoms with Gasteiger partial charge in [-0.1, -0.05) is 11.8 Å². The van der Waals surface area contributed by atoms with Crippen LogP contribution in [-0.2, 0) is 0 Å². The molecule has 126 valence electrons. The van der Waals surface area contributed by atoms with Crippen molar-refractivity contribution in [1.29, 1.82) is 0 Å². The van der Waals surface area contributed by atoms with Gasteiger partial charge in [0.1, 0.15) is 0 Å². The Hall–Kier alpha value is -1.37. The molecule has 0 unspecified atom stereocenters. The molecule has 3 saturated heterocycles. The average molecular weight is 360 g/mol. The van der Waals surface area contributed by atoms with Crippen LogP contribution in [0.1, 0.15) is 28.1 Å². The minimum Gasteiger partial charge on any atom is -0.348 e. The molecule has 4 heterocycles. The summed E-state index contributed by atoms with van der Waals surface area (Å²) in [4.78, 5) is 21.7. The Kier molecular flexibility index (Phi) is 4.61. The molecule has 0 aliphatic carbocycles. The molecular weight excluding hydrogens is 338 g/mol. The molecule has 4 nitrogen and oxygen atoms in total. The van der Waals surface area contributed by atoms with E-state index in [0.29, 0.717) is 12.0 Å². The van der Waals surface area contributed by atoms with Crippen molar-refractivity contribution in [1.82, 2.24) is 15.2 Å². The van der Waals surface area contributed by atoms with Crippen LogP contribution in [0.3, 0.4) is 0 Å². The second-order valence-electron chi connectivity index (χ2n) is 6.58. The van der Waals surface area contributed by atoms with Gasteiger partial charge in [-0.05, 0) is 63.0 Å².